The van der Waals surface area contributed by atoms with Crippen molar-refractivity contribution in [2.24, 2.45) is 0 Å². The minimum atomic E-state index is -0.445. The van der Waals surface area contributed by atoms with Gasteiger partial charge in [-0.2, -0.15) is 10.1 Å². The highest BCUT2D eigenvalue weighted by atomic mass is 16.7. The summed E-state index contributed by atoms with van der Waals surface area (Å²) >= 11 is 0. The van der Waals surface area contributed by atoms with E-state index >= 15 is 0 Å². The lowest BCUT2D eigenvalue weighted by Crippen LogP contribution is -2.60. The van der Waals surface area contributed by atoms with E-state index in [0.29, 0.717) is 52.9 Å². The predicted molar refractivity (Wildman–Crippen MR) is 175 cm³/mol. The average molecular weight is 615 g/mol. The van der Waals surface area contributed by atoms with Crippen molar-refractivity contribution in [1.29, 1.82) is 0 Å². The molecular formula is C36H58N2O6. The van der Waals surface area contributed by atoms with Crippen molar-refractivity contribution in [3.05, 3.63) is 71.8 Å². The molecule has 0 spiro atoms. The van der Waals surface area contributed by atoms with Gasteiger partial charge in [0.1, 0.15) is 12.2 Å². The molecule has 8 heteroatoms. The number of benzene rings is 2. The van der Waals surface area contributed by atoms with Crippen molar-refractivity contribution in [2.75, 3.05) is 52.9 Å². The molecule has 1 aliphatic rings. The van der Waals surface area contributed by atoms with E-state index < -0.39 is 22.2 Å². The van der Waals surface area contributed by atoms with Gasteiger partial charge in [0.25, 0.3) is 0 Å². The van der Waals surface area contributed by atoms with Gasteiger partial charge in [-0.15, -0.1) is 0 Å². The number of rotatable bonds is 6. The van der Waals surface area contributed by atoms with Crippen LogP contribution in [-0.4, -0.2) is 85.1 Å². The summed E-state index contributed by atoms with van der Waals surface area (Å²) < 4.78 is 24.8. The Hall–Kier alpha value is -1.88. The maximum absolute atomic E-state index is 6.67. The Morgan fingerprint density at radius 1 is 0.477 bits per heavy atom. The number of ether oxygens (including phenoxy) is 4. The number of hydrogen-bond acceptors (Lipinski definition) is 8. The van der Waals surface area contributed by atoms with E-state index in [2.05, 4.69) is 104 Å². The SMILES string of the molecule is CC(ON1C(C)(C)COCCOCC(C)(C)N(OC(C)c2ccccc2)C(C)(C)COCCOCC1(C)C)c1ccccc1. The summed E-state index contributed by atoms with van der Waals surface area (Å²) in [5.41, 5.74) is 0.449. The van der Waals surface area contributed by atoms with Crippen molar-refractivity contribution >= 4 is 0 Å². The van der Waals surface area contributed by atoms with Gasteiger partial charge in [-0.1, -0.05) is 60.7 Å². The monoisotopic (exact) mass is 614 g/mol. The van der Waals surface area contributed by atoms with Gasteiger partial charge in [-0.3, -0.25) is 9.68 Å². The Kier molecular flexibility index (Phi) is 13.4. The van der Waals surface area contributed by atoms with E-state index in [1.54, 1.807) is 0 Å². The highest BCUT2D eigenvalue weighted by molar-refractivity contribution is 5.17. The molecule has 0 amide bonds. The van der Waals surface area contributed by atoms with E-state index in [0.717, 1.165) is 11.1 Å². The van der Waals surface area contributed by atoms with Crippen LogP contribution in [0.4, 0.5) is 0 Å². The first-order chi connectivity index (χ1) is 20.7. The fourth-order valence-corrected chi connectivity index (χ4v) is 5.85. The fraction of sp³-hybridized carbons (Fsp3) is 0.667. The number of hydrogen-bond donors (Lipinski definition) is 0. The fourth-order valence-electron chi connectivity index (χ4n) is 5.85. The van der Waals surface area contributed by atoms with Gasteiger partial charge in [0, 0.05) is 0 Å². The molecule has 44 heavy (non-hydrogen) atoms. The molecule has 2 aromatic carbocycles. The van der Waals surface area contributed by atoms with Crippen LogP contribution in [0.25, 0.3) is 0 Å². The van der Waals surface area contributed by atoms with Crippen LogP contribution in [0.5, 0.6) is 0 Å². The van der Waals surface area contributed by atoms with E-state index in [4.69, 9.17) is 28.6 Å². The minimum Gasteiger partial charge on any atom is -0.377 e. The largest absolute Gasteiger partial charge is 0.377 e. The molecule has 0 radical (unpaired) electrons. The normalized spacial score (nSPS) is 24.0. The topological polar surface area (TPSA) is 61.9 Å². The third kappa shape index (κ3) is 10.6. The van der Waals surface area contributed by atoms with Crippen LogP contribution in [0.2, 0.25) is 0 Å². The van der Waals surface area contributed by atoms with Gasteiger partial charge in [0.2, 0.25) is 0 Å². The summed E-state index contributed by atoms with van der Waals surface area (Å²) in [6, 6.07) is 20.5. The highest BCUT2D eigenvalue weighted by Crippen LogP contribution is 2.33. The summed E-state index contributed by atoms with van der Waals surface area (Å²) in [6.07, 6.45) is -0.281. The molecule has 0 N–H and O–H groups in total. The number of hydroxylamine groups is 4. The Morgan fingerprint density at radius 2 is 0.727 bits per heavy atom. The van der Waals surface area contributed by atoms with E-state index in [9.17, 15) is 0 Å². The van der Waals surface area contributed by atoms with Crippen molar-refractivity contribution in [3.63, 3.8) is 0 Å². The summed E-state index contributed by atoms with van der Waals surface area (Å²) in [4.78, 5) is 13.3. The molecule has 2 atom stereocenters. The lowest BCUT2D eigenvalue weighted by molar-refractivity contribution is -0.310. The van der Waals surface area contributed by atoms with Gasteiger partial charge in [0.05, 0.1) is 75.0 Å². The van der Waals surface area contributed by atoms with Crippen molar-refractivity contribution < 1.29 is 28.6 Å². The maximum Gasteiger partial charge on any atom is 0.102 e. The van der Waals surface area contributed by atoms with Gasteiger partial charge < -0.3 is 18.9 Å². The lowest BCUT2D eigenvalue weighted by Gasteiger charge is -2.48. The average Bonchev–Trinajstić information content (AvgIpc) is 2.98. The molecule has 0 aromatic heterocycles. The maximum atomic E-state index is 6.67. The zero-order valence-corrected chi connectivity index (χ0v) is 28.9. The van der Waals surface area contributed by atoms with Crippen LogP contribution >= 0.6 is 0 Å². The lowest BCUT2D eigenvalue weighted by atomic mass is 9.97. The smallest absolute Gasteiger partial charge is 0.102 e. The van der Waals surface area contributed by atoms with Crippen molar-refractivity contribution in [2.45, 2.75) is 104 Å². The van der Waals surface area contributed by atoms with Gasteiger partial charge in [0.15, 0.2) is 0 Å². The summed E-state index contributed by atoms with van der Waals surface area (Å²) in [5, 5.41) is 4.11. The predicted octanol–water partition coefficient (Wildman–Crippen LogP) is 7.17. The molecule has 2 aromatic rings. The molecule has 248 valence electrons. The second-order valence-corrected chi connectivity index (χ2v) is 14.4. The first kappa shape index (κ1) is 36.6. The molecule has 1 fully saturated rings. The zero-order chi connectivity index (χ0) is 32.4. The molecule has 2 unspecified atom stereocenters. The molecule has 1 saturated heterocycles. The third-order valence-electron chi connectivity index (χ3n) is 7.83. The summed E-state index contributed by atoms with van der Waals surface area (Å²) in [5.74, 6) is 0. The summed E-state index contributed by atoms with van der Waals surface area (Å²) in [7, 11) is 0. The Labute approximate surface area is 266 Å². The number of nitrogens with zero attached hydrogens (tertiary/aromatic N) is 2. The van der Waals surface area contributed by atoms with E-state index in [1.807, 2.05) is 36.4 Å². The third-order valence-corrected chi connectivity index (χ3v) is 7.83. The molecule has 1 heterocycles. The van der Waals surface area contributed by atoms with Crippen LogP contribution in [0.1, 0.15) is 92.6 Å². The first-order valence-corrected chi connectivity index (χ1v) is 16.0. The Morgan fingerprint density at radius 3 is 0.977 bits per heavy atom. The Bertz CT molecular complexity index is 965. The summed E-state index contributed by atoms with van der Waals surface area (Å²) in [6.45, 7) is 25.0. The molecule has 0 saturated carbocycles. The Balaban J connectivity index is 1.75. The van der Waals surface area contributed by atoms with Crippen LogP contribution < -0.4 is 0 Å². The first-order valence-electron chi connectivity index (χ1n) is 16.0. The quantitative estimate of drug-likeness (QED) is 0.340. The van der Waals surface area contributed by atoms with Crippen molar-refractivity contribution in [1.82, 2.24) is 10.1 Å². The standard InChI is InChI=1S/C36H58N2O6/c1-29(31-17-13-11-14-18-31)43-37-33(3,4)25-39-21-23-41-27-35(7,8)38(44-30(2)32-19-15-12-16-20-32)36(9,10)28-42-24-22-40-26-34(37,5)6/h11-20,29-30H,21-28H2,1-10H3. The van der Waals surface area contributed by atoms with Crippen LogP contribution in [0.3, 0.4) is 0 Å². The second-order valence-electron chi connectivity index (χ2n) is 14.4. The molecule has 0 aliphatic carbocycles. The van der Waals surface area contributed by atoms with Crippen LogP contribution in [0, 0.1) is 0 Å². The van der Waals surface area contributed by atoms with Gasteiger partial charge in [-0.25, -0.2) is 0 Å². The molecule has 3 rings (SSSR count). The highest BCUT2D eigenvalue weighted by Gasteiger charge is 2.42. The van der Waals surface area contributed by atoms with Crippen LogP contribution in [-0.2, 0) is 28.6 Å². The van der Waals surface area contributed by atoms with Gasteiger partial charge in [-0.05, 0) is 80.4 Å². The van der Waals surface area contributed by atoms with Crippen molar-refractivity contribution in [3.8, 4) is 0 Å². The van der Waals surface area contributed by atoms with E-state index in [-0.39, 0.29) is 12.2 Å². The van der Waals surface area contributed by atoms with Crippen LogP contribution in [0.15, 0.2) is 60.7 Å². The van der Waals surface area contributed by atoms with E-state index in [1.165, 1.54) is 0 Å². The van der Waals surface area contributed by atoms with Gasteiger partial charge >= 0.3 is 0 Å². The second kappa shape index (κ2) is 16.1. The molecule has 8 nitrogen and oxygen atoms in total. The molecule has 1 aliphatic heterocycles. The minimum absolute atomic E-state index is 0.140. The zero-order valence-electron chi connectivity index (χ0n) is 28.9. The molecule has 0 bridgehead atoms. The molecular weight excluding hydrogens is 556 g/mol.